The van der Waals surface area contributed by atoms with Crippen molar-refractivity contribution in [3.8, 4) is 0 Å². The van der Waals surface area contributed by atoms with E-state index in [-0.39, 0.29) is 18.5 Å². The summed E-state index contributed by atoms with van der Waals surface area (Å²) in [6.07, 6.45) is 2.20. The summed E-state index contributed by atoms with van der Waals surface area (Å²) in [5, 5.41) is 12.5. The highest BCUT2D eigenvalue weighted by molar-refractivity contribution is 5.14. The quantitative estimate of drug-likeness (QED) is 0.759. The van der Waals surface area contributed by atoms with Gasteiger partial charge in [-0.1, -0.05) is 0 Å². The van der Waals surface area contributed by atoms with Gasteiger partial charge in [0.15, 0.2) is 0 Å². The van der Waals surface area contributed by atoms with Crippen LogP contribution in [-0.2, 0) is 4.74 Å². The zero-order chi connectivity index (χ0) is 12.0. The van der Waals surface area contributed by atoms with Gasteiger partial charge < -0.3 is 15.2 Å². The van der Waals surface area contributed by atoms with Gasteiger partial charge >= 0.3 is 0 Å². The Kier molecular flexibility index (Phi) is 5.31. The molecule has 2 unspecified atom stereocenters. The molecule has 90 valence electrons. The summed E-state index contributed by atoms with van der Waals surface area (Å²) in [5.74, 6) is -0.358. The van der Waals surface area contributed by atoms with Crippen molar-refractivity contribution in [1.29, 1.82) is 0 Å². The van der Waals surface area contributed by atoms with Crippen LogP contribution in [0, 0.1) is 5.82 Å². The minimum atomic E-state index is -0.561. The predicted molar refractivity (Wildman–Crippen MR) is 58.5 cm³/mol. The van der Waals surface area contributed by atoms with E-state index < -0.39 is 6.10 Å². The molecule has 0 aliphatic rings. The summed E-state index contributed by atoms with van der Waals surface area (Å²) >= 11 is 0. The molecule has 4 nitrogen and oxygen atoms in total. The predicted octanol–water partition coefficient (Wildman–Crippen LogP) is 0.879. The molecule has 1 aromatic rings. The van der Waals surface area contributed by atoms with Crippen molar-refractivity contribution in [2.45, 2.75) is 19.1 Å². The first-order valence-electron chi connectivity index (χ1n) is 5.14. The third-order valence-electron chi connectivity index (χ3n) is 2.24. The first-order chi connectivity index (χ1) is 7.63. The minimum absolute atomic E-state index is 0.0605. The van der Waals surface area contributed by atoms with Gasteiger partial charge in [0.2, 0.25) is 0 Å². The molecule has 0 aliphatic carbocycles. The highest BCUT2D eigenvalue weighted by Gasteiger charge is 2.09. The fourth-order valence-electron chi connectivity index (χ4n) is 1.35. The number of rotatable bonds is 6. The van der Waals surface area contributed by atoms with Crippen LogP contribution in [0.5, 0.6) is 0 Å². The summed E-state index contributed by atoms with van der Waals surface area (Å²) in [6.45, 7) is 2.56. The largest absolute Gasteiger partial charge is 0.389 e. The molecular weight excluding hydrogens is 211 g/mol. The SMILES string of the molecule is COCC(O)CNC(C)c1cncc(F)c1. The fraction of sp³-hybridized carbons (Fsp3) is 0.545. The number of pyridine rings is 1. The topological polar surface area (TPSA) is 54.4 Å². The van der Waals surface area contributed by atoms with Gasteiger partial charge in [-0.25, -0.2) is 4.39 Å². The maximum atomic E-state index is 12.9. The second-order valence-corrected chi connectivity index (χ2v) is 3.68. The lowest BCUT2D eigenvalue weighted by Gasteiger charge is -2.16. The molecule has 16 heavy (non-hydrogen) atoms. The van der Waals surface area contributed by atoms with Crippen LogP contribution < -0.4 is 5.32 Å². The summed E-state index contributed by atoms with van der Waals surface area (Å²) in [7, 11) is 1.53. The molecule has 0 fully saturated rings. The average Bonchev–Trinajstić information content (AvgIpc) is 2.26. The zero-order valence-corrected chi connectivity index (χ0v) is 9.48. The molecule has 2 atom stereocenters. The van der Waals surface area contributed by atoms with E-state index in [2.05, 4.69) is 10.3 Å². The number of aromatic nitrogens is 1. The van der Waals surface area contributed by atoms with Gasteiger partial charge in [0, 0.05) is 25.9 Å². The van der Waals surface area contributed by atoms with Crippen molar-refractivity contribution < 1.29 is 14.2 Å². The number of halogens is 1. The number of hydrogen-bond acceptors (Lipinski definition) is 4. The molecule has 2 N–H and O–H groups in total. The van der Waals surface area contributed by atoms with E-state index in [1.165, 1.54) is 13.2 Å². The molecule has 1 rings (SSSR count). The molecular formula is C11H17FN2O2. The summed E-state index contributed by atoms with van der Waals surface area (Å²) in [6, 6.07) is 1.36. The molecule has 1 aromatic heterocycles. The Labute approximate surface area is 94.5 Å². The number of methoxy groups -OCH3 is 1. The molecule has 1 heterocycles. The smallest absolute Gasteiger partial charge is 0.141 e. The van der Waals surface area contributed by atoms with Gasteiger partial charge in [0.25, 0.3) is 0 Å². The van der Waals surface area contributed by atoms with Gasteiger partial charge in [0.1, 0.15) is 5.82 Å². The lowest BCUT2D eigenvalue weighted by molar-refractivity contribution is 0.0630. The number of nitrogens with one attached hydrogen (secondary N) is 1. The Morgan fingerprint density at radius 1 is 1.56 bits per heavy atom. The van der Waals surface area contributed by atoms with Gasteiger partial charge in [-0.3, -0.25) is 4.98 Å². The van der Waals surface area contributed by atoms with Crippen molar-refractivity contribution in [3.63, 3.8) is 0 Å². The van der Waals surface area contributed by atoms with E-state index in [0.717, 1.165) is 11.8 Å². The highest BCUT2D eigenvalue weighted by atomic mass is 19.1. The second-order valence-electron chi connectivity index (χ2n) is 3.68. The summed E-state index contributed by atoms with van der Waals surface area (Å²) in [4.78, 5) is 3.77. The molecule has 0 saturated heterocycles. The summed E-state index contributed by atoms with van der Waals surface area (Å²) < 4.78 is 17.7. The number of ether oxygens (including phenoxy) is 1. The lowest BCUT2D eigenvalue weighted by atomic mass is 10.1. The number of aliphatic hydroxyl groups is 1. The van der Waals surface area contributed by atoms with Crippen molar-refractivity contribution in [3.05, 3.63) is 29.8 Å². The van der Waals surface area contributed by atoms with Crippen LogP contribution in [0.4, 0.5) is 4.39 Å². The van der Waals surface area contributed by atoms with Crippen molar-refractivity contribution in [1.82, 2.24) is 10.3 Å². The number of nitrogens with zero attached hydrogens (tertiary/aromatic N) is 1. The Hall–Kier alpha value is -1.04. The molecule has 0 radical (unpaired) electrons. The first-order valence-corrected chi connectivity index (χ1v) is 5.14. The van der Waals surface area contributed by atoms with Gasteiger partial charge in [0.05, 0.1) is 18.9 Å². The average molecular weight is 228 g/mol. The molecule has 0 aromatic carbocycles. The first kappa shape index (κ1) is 13.0. The van der Waals surface area contributed by atoms with Crippen molar-refractivity contribution in [2.24, 2.45) is 0 Å². The van der Waals surface area contributed by atoms with E-state index >= 15 is 0 Å². The molecule has 5 heteroatoms. The molecule has 0 amide bonds. The third-order valence-corrected chi connectivity index (χ3v) is 2.24. The van der Waals surface area contributed by atoms with Crippen LogP contribution in [0.25, 0.3) is 0 Å². The number of aliphatic hydroxyl groups excluding tert-OH is 1. The van der Waals surface area contributed by atoms with Crippen molar-refractivity contribution in [2.75, 3.05) is 20.3 Å². The van der Waals surface area contributed by atoms with Crippen LogP contribution >= 0.6 is 0 Å². The second kappa shape index (κ2) is 6.52. The van der Waals surface area contributed by atoms with E-state index in [4.69, 9.17) is 4.74 Å². The maximum absolute atomic E-state index is 12.9. The maximum Gasteiger partial charge on any atom is 0.141 e. The van der Waals surface area contributed by atoms with Crippen LogP contribution in [-0.4, -0.2) is 36.5 Å². The van der Waals surface area contributed by atoms with E-state index in [1.807, 2.05) is 6.92 Å². The van der Waals surface area contributed by atoms with E-state index in [1.54, 1.807) is 6.20 Å². The Morgan fingerprint density at radius 3 is 2.94 bits per heavy atom. The zero-order valence-electron chi connectivity index (χ0n) is 9.48. The van der Waals surface area contributed by atoms with Gasteiger partial charge in [-0.2, -0.15) is 0 Å². The number of hydrogen-bond donors (Lipinski definition) is 2. The Balaban J connectivity index is 2.43. The Bertz CT molecular complexity index is 323. The fourth-order valence-corrected chi connectivity index (χ4v) is 1.35. The lowest BCUT2D eigenvalue weighted by Crippen LogP contribution is -2.31. The Morgan fingerprint density at radius 2 is 2.31 bits per heavy atom. The van der Waals surface area contributed by atoms with Crippen LogP contribution in [0.15, 0.2) is 18.5 Å². The molecule has 0 bridgehead atoms. The van der Waals surface area contributed by atoms with Crippen LogP contribution in [0.2, 0.25) is 0 Å². The van der Waals surface area contributed by atoms with E-state index in [9.17, 15) is 9.50 Å². The summed E-state index contributed by atoms with van der Waals surface area (Å²) in [5.41, 5.74) is 0.754. The monoisotopic (exact) mass is 228 g/mol. The molecule has 0 spiro atoms. The third kappa shape index (κ3) is 4.22. The molecule has 0 saturated carbocycles. The van der Waals surface area contributed by atoms with Gasteiger partial charge in [-0.15, -0.1) is 0 Å². The van der Waals surface area contributed by atoms with Crippen LogP contribution in [0.3, 0.4) is 0 Å². The standard InChI is InChI=1S/C11H17FN2O2/c1-8(14-6-11(15)7-16-2)9-3-10(12)5-13-4-9/h3-5,8,11,14-15H,6-7H2,1-2H3. The van der Waals surface area contributed by atoms with E-state index in [0.29, 0.717) is 6.54 Å². The van der Waals surface area contributed by atoms with Crippen molar-refractivity contribution >= 4 is 0 Å². The van der Waals surface area contributed by atoms with Crippen LogP contribution in [0.1, 0.15) is 18.5 Å². The highest BCUT2D eigenvalue weighted by Crippen LogP contribution is 2.11. The minimum Gasteiger partial charge on any atom is -0.389 e. The normalized spacial score (nSPS) is 14.8. The molecule has 0 aliphatic heterocycles. The van der Waals surface area contributed by atoms with Gasteiger partial charge in [-0.05, 0) is 18.6 Å².